The fraction of sp³-hybridized carbons (Fsp3) is 0.529. The average Bonchev–Trinajstić information content (AvgIpc) is 2.80. The Hall–Kier alpha value is -1.08. The highest BCUT2D eigenvalue weighted by Crippen LogP contribution is 2.23. The van der Waals surface area contributed by atoms with Crippen LogP contribution in [-0.4, -0.2) is 12.6 Å². The number of allylic oxidation sites excluding steroid dienone is 1. The minimum Gasteiger partial charge on any atom is -0.314 e. The van der Waals surface area contributed by atoms with Crippen LogP contribution >= 0.6 is 0 Å². The Morgan fingerprint density at radius 2 is 2.00 bits per heavy atom. The van der Waals surface area contributed by atoms with Crippen molar-refractivity contribution in [3.8, 4) is 0 Å². The standard InChI is InChI=1S/C17H25N/c1-14(2)18-12-5-3-4-7-15-10-11-16-8-6-9-17(16)13-15/h3-4,10-11,13-14,18H,5-9,12H2,1-2H3. The quantitative estimate of drug-likeness (QED) is 0.594. The molecule has 1 aromatic carbocycles. The molecule has 0 heterocycles. The fourth-order valence-electron chi connectivity index (χ4n) is 2.54. The summed E-state index contributed by atoms with van der Waals surface area (Å²) in [5.41, 5.74) is 4.62. The largest absolute Gasteiger partial charge is 0.314 e. The van der Waals surface area contributed by atoms with E-state index in [4.69, 9.17) is 0 Å². The molecule has 0 amide bonds. The van der Waals surface area contributed by atoms with Crippen LogP contribution in [0.2, 0.25) is 0 Å². The smallest absolute Gasteiger partial charge is 0.00105 e. The molecular formula is C17H25N. The maximum Gasteiger partial charge on any atom is 0.00105 e. The molecule has 0 unspecified atom stereocenters. The van der Waals surface area contributed by atoms with Crippen molar-refractivity contribution < 1.29 is 0 Å². The zero-order valence-corrected chi connectivity index (χ0v) is 11.7. The Labute approximate surface area is 111 Å². The Morgan fingerprint density at radius 3 is 2.83 bits per heavy atom. The highest BCUT2D eigenvalue weighted by molar-refractivity contribution is 5.35. The first-order valence-corrected chi connectivity index (χ1v) is 7.25. The van der Waals surface area contributed by atoms with Gasteiger partial charge in [0.25, 0.3) is 0 Å². The highest BCUT2D eigenvalue weighted by Gasteiger charge is 2.09. The summed E-state index contributed by atoms with van der Waals surface area (Å²) in [5.74, 6) is 0. The topological polar surface area (TPSA) is 12.0 Å². The van der Waals surface area contributed by atoms with Crippen molar-refractivity contribution in [1.82, 2.24) is 5.32 Å². The van der Waals surface area contributed by atoms with Gasteiger partial charge in [0.2, 0.25) is 0 Å². The molecule has 1 nitrogen and oxygen atoms in total. The van der Waals surface area contributed by atoms with E-state index >= 15 is 0 Å². The van der Waals surface area contributed by atoms with Gasteiger partial charge in [-0.1, -0.05) is 44.2 Å². The Morgan fingerprint density at radius 1 is 1.17 bits per heavy atom. The lowest BCUT2D eigenvalue weighted by Crippen LogP contribution is -2.23. The first-order valence-electron chi connectivity index (χ1n) is 7.25. The van der Waals surface area contributed by atoms with Crippen molar-refractivity contribution in [2.45, 2.75) is 52.0 Å². The van der Waals surface area contributed by atoms with Gasteiger partial charge in [-0.05, 0) is 55.3 Å². The van der Waals surface area contributed by atoms with Crippen molar-refractivity contribution in [2.24, 2.45) is 0 Å². The third-order valence-corrected chi connectivity index (χ3v) is 3.55. The van der Waals surface area contributed by atoms with Crippen molar-refractivity contribution in [3.63, 3.8) is 0 Å². The second-order valence-corrected chi connectivity index (χ2v) is 5.53. The SMILES string of the molecule is CC(C)NCCC=CCc1ccc2c(c1)CCC2. The van der Waals surface area contributed by atoms with Crippen LogP contribution in [0.1, 0.15) is 43.4 Å². The minimum atomic E-state index is 0.593. The van der Waals surface area contributed by atoms with E-state index in [0.717, 1.165) is 19.4 Å². The fourth-order valence-corrected chi connectivity index (χ4v) is 2.54. The molecule has 1 aliphatic rings. The molecule has 0 saturated heterocycles. The van der Waals surface area contributed by atoms with Crippen LogP contribution in [0.25, 0.3) is 0 Å². The number of fused-ring (bicyclic) bond motifs is 1. The van der Waals surface area contributed by atoms with Crippen LogP contribution in [0.4, 0.5) is 0 Å². The van der Waals surface area contributed by atoms with Gasteiger partial charge in [0.1, 0.15) is 0 Å². The lowest BCUT2D eigenvalue weighted by Gasteiger charge is -2.05. The van der Waals surface area contributed by atoms with Crippen LogP contribution in [0.15, 0.2) is 30.4 Å². The average molecular weight is 243 g/mol. The summed E-state index contributed by atoms with van der Waals surface area (Å²) in [4.78, 5) is 0. The lowest BCUT2D eigenvalue weighted by molar-refractivity contribution is 0.594. The molecule has 2 rings (SSSR count). The van der Waals surface area contributed by atoms with Gasteiger partial charge in [-0.15, -0.1) is 0 Å². The van der Waals surface area contributed by atoms with E-state index in [-0.39, 0.29) is 0 Å². The van der Waals surface area contributed by atoms with Crippen molar-refractivity contribution >= 4 is 0 Å². The predicted molar refractivity (Wildman–Crippen MR) is 79.1 cm³/mol. The monoisotopic (exact) mass is 243 g/mol. The van der Waals surface area contributed by atoms with Gasteiger partial charge in [0.15, 0.2) is 0 Å². The first-order chi connectivity index (χ1) is 8.75. The Bertz CT molecular complexity index is 404. The summed E-state index contributed by atoms with van der Waals surface area (Å²) in [6.45, 7) is 5.46. The molecular weight excluding hydrogens is 218 g/mol. The van der Waals surface area contributed by atoms with E-state index in [9.17, 15) is 0 Å². The summed E-state index contributed by atoms with van der Waals surface area (Å²) >= 11 is 0. The van der Waals surface area contributed by atoms with Crippen molar-refractivity contribution in [3.05, 3.63) is 47.0 Å². The van der Waals surface area contributed by atoms with Gasteiger partial charge >= 0.3 is 0 Å². The van der Waals surface area contributed by atoms with E-state index in [1.54, 1.807) is 11.1 Å². The van der Waals surface area contributed by atoms with E-state index in [1.807, 2.05) is 0 Å². The van der Waals surface area contributed by atoms with Crippen molar-refractivity contribution in [2.75, 3.05) is 6.54 Å². The molecule has 0 spiro atoms. The zero-order valence-electron chi connectivity index (χ0n) is 11.7. The normalized spacial score (nSPS) is 14.6. The Balaban J connectivity index is 1.75. The van der Waals surface area contributed by atoms with Crippen LogP contribution in [0, 0.1) is 0 Å². The maximum atomic E-state index is 3.43. The lowest BCUT2D eigenvalue weighted by atomic mass is 10.0. The number of aryl methyl sites for hydroxylation is 2. The molecule has 0 aliphatic heterocycles. The van der Waals surface area contributed by atoms with Crippen LogP contribution < -0.4 is 5.32 Å². The highest BCUT2D eigenvalue weighted by atomic mass is 14.9. The molecule has 0 radical (unpaired) electrons. The summed E-state index contributed by atoms with van der Waals surface area (Å²) in [6, 6.07) is 7.61. The van der Waals surface area contributed by atoms with E-state index in [2.05, 4.69) is 49.5 Å². The van der Waals surface area contributed by atoms with E-state index in [1.165, 1.54) is 24.8 Å². The number of hydrogen-bond donors (Lipinski definition) is 1. The molecule has 1 N–H and O–H groups in total. The third kappa shape index (κ3) is 3.99. The summed E-state index contributed by atoms with van der Waals surface area (Å²) in [7, 11) is 0. The zero-order chi connectivity index (χ0) is 12.8. The number of benzene rings is 1. The number of rotatable bonds is 6. The second-order valence-electron chi connectivity index (χ2n) is 5.53. The summed E-state index contributed by atoms with van der Waals surface area (Å²) in [6.07, 6.45) is 10.7. The van der Waals surface area contributed by atoms with Gasteiger partial charge in [0, 0.05) is 6.04 Å². The van der Waals surface area contributed by atoms with Gasteiger partial charge in [-0.2, -0.15) is 0 Å². The molecule has 18 heavy (non-hydrogen) atoms. The third-order valence-electron chi connectivity index (χ3n) is 3.55. The van der Waals surface area contributed by atoms with Gasteiger partial charge < -0.3 is 5.32 Å². The van der Waals surface area contributed by atoms with E-state index in [0.29, 0.717) is 6.04 Å². The minimum absolute atomic E-state index is 0.593. The van der Waals surface area contributed by atoms with Crippen molar-refractivity contribution in [1.29, 1.82) is 0 Å². The molecule has 98 valence electrons. The van der Waals surface area contributed by atoms with Gasteiger partial charge in [-0.25, -0.2) is 0 Å². The molecule has 0 atom stereocenters. The Kier molecular flexibility index (Phi) is 5.00. The van der Waals surface area contributed by atoms with E-state index < -0.39 is 0 Å². The molecule has 1 heteroatoms. The van der Waals surface area contributed by atoms with Crippen LogP contribution in [0.5, 0.6) is 0 Å². The molecule has 0 bridgehead atoms. The molecule has 0 aromatic heterocycles. The van der Waals surface area contributed by atoms with Crippen LogP contribution in [-0.2, 0) is 19.3 Å². The second kappa shape index (κ2) is 6.75. The van der Waals surface area contributed by atoms with Crippen LogP contribution in [0.3, 0.4) is 0 Å². The maximum absolute atomic E-state index is 3.43. The molecule has 1 aliphatic carbocycles. The molecule has 0 saturated carbocycles. The summed E-state index contributed by atoms with van der Waals surface area (Å²) in [5, 5.41) is 3.43. The number of nitrogens with one attached hydrogen (secondary N) is 1. The summed E-state index contributed by atoms with van der Waals surface area (Å²) < 4.78 is 0. The first kappa shape index (κ1) is 13.4. The molecule has 0 fully saturated rings. The van der Waals surface area contributed by atoms with Gasteiger partial charge in [-0.3, -0.25) is 0 Å². The predicted octanol–water partition coefficient (Wildman–Crippen LogP) is 3.66. The number of hydrogen-bond acceptors (Lipinski definition) is 1. The molecule has 1 aromatic rings. The van der Waals surface area contributed by atoms with Gasteiger partial charge in [0.05, 0.1) is 0 Å².